The van der Waals surface area contributed by atoms with Crippen molar-refractivity contribution in [1.82, 2.24) is 10.2 Å². The van der Waals surface area contributed by atoms with Gasteiger partial charge >= 0.3 is 0 Å². The Morgan fingerprint density at radius 2 is 2.06 bits per heavy atom. The van der Waals surface area contributed by atoms with E-state index in [2.05, 4.69) is 44.8 Å². The Hall–Kier alpha value is -0.160. The molecular weight excluding hydrogens is 228 g/mol. The lowest BCUT2D eigenvalue weighted by atomic mass is 10.1. The van der Waals surface area contributed by atoms with Crippen molar-refractivity contribution in [2.24, 2.45) is 0 Å². The number of rotatable bonds is 7. The Bertz CT molecular complexity index is 220. The van der Waals surface area contributed by atoms with E-state index in [1.807, 2.05) is 0 Å². The van der Waals surface area contributed by atoms with Crippen LogP contribution in [0.4, 0.5) is 0 Å². The molecule has 1 aliphatic rings. The van der Waals surface area contributed by atoms with Crippen molar-refractivity contribution in [1.29, 1.82) is 0 Å². The minimum absolute atomic E-state index is 0.236. The van der Waals surface area contributed by atoms with Gasteiger partial charge in [-0.15, -0.1) is 0 Å². The van der Waals surface area contributed by atoms with E-state index in [-0.39, 0.29) is 12.2 Å². The Morgan fingerprint density at radius 3 is 2.61 bits per heavy atom. The first-order valence-electron chi connectivity index (χ1n) is 7.25. The molecule has 1 heterocycles. The van der Waals surface area contributed by atoms with Gasteiger partial charge in [0.1, 0.15) is 0 Å². The second kappa shape index (κ2) is 8.10. The highest BCUT2D eigenvalue weighted by atomic mass is 16.5. The van der Waals surface area contributed by atoms with Gasteiger partial charge in [-0.1, -0.05) is 6.92 Å². The Kier molecular flexibility index (Phi) is 7.15. The third-order valence-electron chi connectivity index (χ3n) is 3.38. The van der Waals surface area contributed by atoms with Gasteiger partial charge in [0.15, 0.2) is 0 Å². The molecule has 0 saturated carbocycles. The van der Waals surface area contributed by atoms with Gasteiger partial charge in [0.05, 0.1) is 31.5 Å². The first-order valence-corrected chi connectivity index (χ1v) is 7.25. The molecule has 1 rings (SSSR count). The maximum Gasteiger partial charge on any atom is 0.0877 e. The molecule has 4 heteroatoms. The zero-order chi connectivity index (χ0) is 13.5. The number of hydrogen-bond acceptors (Lipinski definition) is 4. The number of morpholine rings is 1. The van der Waals surface area contributed by atoms with Crippen LogP contribution in [0.3, 0.4) is 0 Å². The first-order chi connectivity index (χ1) is 8.54. The first kappa shape index (κ1) is 15.9. The zero-order valence-corrected chi connectivity index (χ0v) is 12.6. The van der Waals surface area contributed by atoms with E-state index in [0.29, 0.717) is 12.1 Å². The van der Waals surface area contributed by atoms with E-state index in [1.54, 1.807) is 0 Å². The molecule has 0 aromatic heterocycles. The molecule has 0 aliphatic carbocycles. The Morgan fingerprint density at radius 1 is 1.33 bits per heavy atom. The van der Waals surface area contributed by atoms with Crippen LogP contribution in [-0.2, 0) is 9.47 Å². The van der Waals surface area contributed by atoms with Crippen molar-refractivity contribution in [2.75, 3.05) is 32.8 Å². The normalized spacial score (nSPS) is 23.8. The molecule has 0 spiro atoms. The van der Waals surface area contributed by atoms with Crippen molar-refractivity contribution in [3.05, 3.63) is 0 Å². The number of nitrogens with one attached hydrogen (secondary N) is 1. The largest absolute Gasteiger partial charge is 0.377 e. The fourth-order valence-electron chi connectivity index (χ4n) is 2.26. The number of hydrogen-bond donors (Lipinski definition) is 1. The summed E-state index contributed by atoms with van der Waals surface area (Å²) in [5, 5.41) is 3.49. The maximum absolute atomic E-state index is 5.92. The molecule has 0 bridgehead atoms. The smallest absolute Gasteiger partial charge is 0.0877 e. The lowest BCUT2D eigenvalue weighted by molar-refractivity contribution is -0.0732. The summed E-state index contributed by atoms with van der Waals surface area (Å²) in [6, 6.07) is 0.878. The molecule has 2 atom stereocenters. The van der Waals surface area contributed by atoms with Crippen LogP contribution < -0.4 is 5.32 Å². The minimum atomic E-state index is 0.236. The van der Waals surface area contributed by atoms with Crippen LogP contribution >= 0.6 is 0 Å². The van der Waals surface area contributed by atoms with Crippen molar-refractivity contribution in [3.63, 3.8) is 0 Å². The topological polar surface area (TPSA) is 33.7 Å². The Labute approximate surface area is 112 Å². The highest BCUT2D eigenvalue weighted by Gasteiger charge is 2.29. The highest BCUT2D eigenvalue weighted by molar-refractivity contribution is 4.84. The van der Waals surface area contributed by atoms with Gasteiger partial charge in [0, 0.05) is 19.1 Å². The standard InChI is InChI=1S/C14H30N2O2/c1-6-15-13(10-18-12(4)5)14-9-16(11(2)3)7-8-17-14/h11-15H,6-10H2,1-5H3. The van der Waals surface area contributed by atoms with Crippen molar-refractivity contribution < 1.29 is 9.47 Å². The van der Waals surface area contributed by atoms with E-state index >= 15 is 0 Å². The molecule has 0 radical (unpaired) electrons. The predicted octanol–water partition coefficient (Wildman–Crippen LogP) is 1.50. The number of ether oxygens (including phenoxy) is 2. The van der Waals surface area contributed by atoms with Gasteiger partial charge in [0.2, 0.25) is 0 Å². The summed E-state index contributed by atoms with van der Waals surface area (Å²) in [5.74, 6) is 0. The predicted molar refractivity (Wildman–Crippen MR) is 75.0 cm³/mol. The summed E-state index contributed by atoms with van der Waals surface area (Å²) in [6.07, 6.45) is 0.510. The molecule has 1 N–H and O–H groups in total. The fourth-order valence-corrected chi connectivity index (χ4v) is 2.26. The van der Waals surface area contributed by atoms with Gasteiger partial charge in [-0.3, -0.25) is 4.90 Å². The minimum Gasteiger partial charge on any atom is -0.377 e. The van der Waals surface area contributed by atoms with E-state index < -0.39 is 0 Å². The molecule has 1 saturated heterocycles. The van der Waals surface area contributed by atoms with E-state index in [0.717, 1.165) is 32.8 Å². The summed E-state index contributed by atoms with van der Waals surface area (Å²) in [7, 11) is 0. The average molecular weight is 258 g/mol. The number of nitrogens with zero attached hydrogens (tertiary/aromatic N) is 1. The van der Waals surface area contributed by atoms with Crippen LogP contribution in [0.2, 0.25) is 0 Å². The van der Waals surface area contributed by atoms with Gasteiger partial charge < -0.3 is 14.8 Å². The van der Waals surface area contributed by atoms with Crippen LogP contribution in [0.5, 0.6) is 0 Å². The summed E-state index contributed by atoms with van der Waals surface area (Å²) in [6.45, 7) is 15.3. The molecule has 4 nitrogen and oxygen atoms in total. The second-order valence-corrected chi connectivity index (χ2v) is 5.54. The summed E-state index contributed by atoms with van der Waals surface area (Å²) in [4.78, 5) is 2.48. The lowest BCUT2D eigenvalue weighted by Crippen LogP contribution is -2.55. The molecule has 0 aromatic rings. The van der Waals surface area contributed by atoms with Gasteiger partial charge in [-0.25, -0.2) is 0 Å². The van der Waals surface area contributed by atoms with Crippen molar-refractivity contribution in [3.8, 4) is 0 Å². The van der Waals surface area contributed by atoms with E-state index in [9.17, 15) is 0 Å². The lowest BCUT2D eigenvalue weighted by Gasteiger charge is -2.39. The molecule has 2 unspecified atom stereocenters. The van der Waals surface area contributed by atoms with Crippen LogP contribution in [0.25, 0.3) is 0 Å². The third kappa shape index (κ3) is 5.22. The highest BCUT2D eigenvalue weighted by Crippen LogP contribution is 2.12. The maximum atomic E-state index is 5.92. The van der Waals surface area contributed by atoms with E-state index in [1.165, 1.54) is 0 Å². The monoisotopic (exact) mass is 258 g/mol. The molecule has 0 amide bonds. The van der Waals surface area contributed by atoms with E-state index in [4.69, 9.17) is 9.47 Å². The third-order valence-corrected chi connectivity index (χ3v) is 3.38. The number of likely N-dealkylation sites (N-methyl/N-ethyl adjacent to an activating group) is 1. The van der Waals surface area contributed by atoms with Gasteiger partial charge in [0.25, 0.3) is 0 Å². The quantitative estimate of drug-likeness (QED) is 0.750. The molecular formula is C14H30N2O2. The molecule has 1 aliphatic heterocycles. The molecule has 18 heavy (non-hydrogen) atoms. The van der Waals surface area contributed by atoms with Crippen LogP contribution in [0, 0.1) is 0 Å². The van der Waals surface area contributed by atoms with Crippen LogP contribution in [0.15, 0.2) is 0 Å². The van der Waals surface area contributed by atoms with Gasteiger partial charge in [-0.05, 0) is 34.2 Å². The molecule has 0 aromatic carbocycles. The Balaban J connectivity index is 2.49. The fraction of sp³-hybridized carbons (Fsp3) is 1.00. The molecule has 108 valence electrons. The summed E-state index contributed by atoms with van der Waals surface area (Å²) >= 11 is 0. The summed E-state index contributed by atoms with van der Waals surface area (Å²) < 4.78 is 11.7. The van der Waals surface area contributed by atoms with Crippen molar-refractivity contribution >= 4 is 0 Å². The van der Waals surface area contributed by atoms with Crippen LogP contribution in [0.1, 0.15) is 34.6 Å². The molecule has 1 fully saturated rings. The SMILES string of the molecule is CCNC(COC(C)C)C1CN(C(C)C)CCO1. The van der Waals surface area contributed by atoms with Crippen LogP contribution in [-0.4, -0.2) is 62.0 Å². The summed E-state index contributed by atoms with van der Waals surface area (Å²) in [5.41, 5.74) is 0. The average Bonchev–Trinajstić information content (AvgIpc) is 2.34. The second-order valence-electron chi connectivity index (χ2n) is 5.54. The van der Waals surface area contributed by atoms with Gasteiger partial charge in [-0.2, -0.15) is 0 Å². The van der Waals surface area contributed by atoms with Crippen molar-refractivity contribution in [2.45, 2.75) is 58.9 Å². The zero-order valence-electron chi connectivity index (χ0n) is 12.6.